The SMILES string of the molecule is CN(C)c1cccc(C(=O)Nc2ccc(C3CC3NCC3CC3)cc2)c1.O=C(O)C(F)(F)F.O=C(O)C(F)(F)F. The zero-order valence-electron chi connectivity index (χ0n) is 21.5. The third kappa shape index (κ3) is 11.1. The smallest absolute Gasteiger partial charge is 0.475 e. The summed E-state index contributed by atoms with van der Waals surface area (Å²) < 4.78 is 63.5. The normalized spacial score (nSPS) is 17.8. The van der Waals surface area contributed by atoms with Gasteiger partial charge in [-0.1, -0.05) is 18.2 Å². The molecular weight excluding hydrogens is 548 g/mol. The number of benzene rings is 2. The fourth-order valence-corrected chi connectivity index (χ4v) is 3.37. The first-order valence-corrected chi connectivity index (χ1v) is 12.0. The lowest BCUT2D eigenvalue weighted by atomic mass is 10.1. The van der Waals surface area contributed by atoms with E-state index in [-0.39, 0.29) is 5.91 Å². The van der Waals surface area contributed by atoms with Crippen molar-refractivity contribution in [1.82, 2.24) is 5.32 Å². The quantitative estimate of drug-likeness (QED) is 0.337. The van der Waals surface area contributed by atoms with Crippen molar-refractivity contribution in [3.8, 4) is 0 Å². The minimum Gasteiger partial charge on any atom is -0.475 e. The Kier molecular flexibility index (Phi) is 10.9. The number of anilines is 2. The molecular formula is C26H29F6N3O5. The Bertz CT molecular complexity index is 1140. The lowest BCUT2D eigenvalue weighted by molar-refractivity contribution is -0.193. The summed E-state index contributed by atoms with van der Waals surface area (Å²) in [4.78, 5) is 32.3. The van der Waals surface area contributed by atoms with E-state index in [0.717, 1.165) is 17.3 Å². The molecule has 0 aliphatic heterocycles. The predicted molar refractivity (Wildman–Crippen MR) is 134 cm³/mol. The number of alkyl halides is 6. The van der Waals surface area contributed by atoms with Gasteiger partial charge >= 0.3 is 24.3 Å². The second-order valence-corrected chi connectivity index (χ2v) is 9.43. The molecule has 2 aromatic carbocycles. The third-order valence-electron chi connectivity index (χ3n) is 5.86. The molecule has 2 aromatic rings. The van der Waals surface area contributed by atoms with E-state index < -0.39 is 24.3 Å². The average Bonchev–Trinajstić information content (AvgIpc) is 3.78. The van der Waals surface area contributed by atoms with Gasteiger partial charge in [-0.25, -0.2) is 9.59 Å². The molecule has 0 spiro atoms. The van der Waals surface area contributed by atoms with Crippen molar-refractivity contribution in [2.75, 3.05) is 30.9 Å². The summed E-state index contributed by atoms with van der Waals surface area (Å²) in [6.45, 7) is 1.18. The Balaban J connectivity index is 0.000000333. The van der Waals surface area contributed by atoms with Crippen LogP contribution in [0.4, 0.5) is 37.7 Å². The van der Waals surface area contributed by atoms with Crippen LogP contribution in [0.15, 0.2) is 48.5 Å². The number of halogens is 6. The van der Waals surface area contributed by atoms with Crippen molar-refractivity contribution >= 4 is 29.2 Å². The topological polar surface area (TPSA) is 119 Å². The summed E-state index contributed by atoms with van der Waals surface area (Å²) in [5.74, 6) is -4.02. The fourth-order valence-electron chi connectivity index (χ4n) is 3.37. The molecule has 2 saturated carbocycles. The van der Waals surface area contributed by atoms with Crippen LogP contribution in [-0.4, -0.2) is 67.1 Å². The molecule has 4 N–H and O–H groups in total. The first kappa shape index (κ1) is 32.4. The number of rotatable bonds is 7. The van der Waals surface area contributed by atoms with Crippen molar-refractivity contribution in [2.24, 2.45) is 5.92 Å². The Morgan fingerprint density at radius 3 is 1.88 bits per heavy atom. The molecule has 2 atom stereocenters. The molecule has 14 heteroatoms. The van der Waals surface area contributed by atoms with Gasteiger partial charge in [-0.3, -0.25) is 4.79 Å². The van der Waals surface area contributed by atoms with Gasteiger partial charge in [-0.15, -0.1) is 0 Å². The van der Waals surface area contributed by atoms with Crippen LogP contribution in [0.5, 0.6) is 0 Å². The van der Waals surface area contributed by atoms with E-state index in [2.05, 4.69) is 22.8 Å². The first-order valence-electron chi connectivity index (χ1n) is 12.0. The van der Waals surface area contributed by atoms with Crippen LogP contribution in [0.2, 0.25) is 0 Å². The van der Waals surface area contributed by atoms with Crippen LogP contribution in [0, 0.1) is 5.92 Å². The largest absolute Gasteiger partial charge is 0.490 e. The molecule has 0 heterocycles. The van der Waals surface area contributed by atoms with Crippen molar-refractivity contribution < 1.29 is 50.9 Å². The van der Waals surface area contributed by atoms with Crippen LogP contribution in [0.3, 0.4) is 0 Å². The van der Waals surface area contributed by atoms with Gasteiger partial charge in [0.05, 0.1) is 0 Å². The number of aliphatic carboxylic acids is 2. The lowest BCUT2D eigenvalue weighted by Gasteiger charge is -2.13. The van der Waals surface area contributed by atoms with Crippen LogP contribution in [-0.2, 0) is 9.59 Å². The van der Waals surface area contributed by atoms with Gasteiger partial charge < -0.3 is 25.7 Å². The molecule has 2 aliphatic rings. The van der Waals surface area contributed by atoms with E-state index in [1.165, 1.54) is 31.4 Å². The van der Waals surface area contributed by atoms with E-state index in [1.807, 2.05) is 55.4 Å². The highest BCUT2D eigenvalue weighted by atomic mass is 19.4. The number of hydrogen-bond acceptors (Lipinski definition) is 5. The van der Waals surface area contributed by atoms with Gasteiger partial charge in [0, 0.05) is 43.0 Å². The minimum atomic E-state index is -5.08. The highest BCUT2D eigenvalue weighted by Gasteiger charge is 2.39. The summed E-state index contributed by atoms with van der Waals surface area (Å²) in [5.41, 5.74) is 3.90. The van der Waals surface area contributed by atoms with E-state index in [0.29, 0.717) is 17.5 Å². The maximum absolute atomic E-state index is 12.5. The molecule has 0 radical (unpaired) electrons. The van der Waals surface area contributed by atoms with E-state index in [4.69, 9.17) is 19.8 Å². The van der Waals surface area contributed by atoms with E-state index in [1.54, 1.807) is 0 Å². The molecule has 2 fully saturated rings. The second-order valence-electron chi connectivity index (χ2n) is 9.43. The molecule has 2 aliphatic carbocycles. The molecule has 0 saturated heterocycles. The van der Waals surface area contributed by atoms with Gasteiger partial charge in [0.15, 0.2) is 0 Å². The highest BCUT2D eigenvalue weighted by Crippen LogP contribution is 2.42. The number of amides is 1. The van der Waals surface area contributed by atoms with Gasteiger partial charge in [0.1, 0.15) is 0 Å². The number of carbonyl (C=O) groups is 3. The maximum Gasteiger partial charge on any atom is 0.490 e. The molecule has 40 heavy (non-hydrogen) atoms. The zero-order valence-corrected chi connectivity index (χ0v) is 21.5. The Labute approximate surface area is 226 Å². The van der Waals surface area contributed by atoms with Gasteiger partial charge in [-0.05, 0) is 67.6 Å². The Hall–Kier alpha value is -3.81. The van der Waals surface area contributed by atoms with Crippen LogP contribution in [0.25, 0.3) is 0 Å². The van der Waals surface area contributed by atoms with Crippen molar-refractivity contribution in [3.63, 3.8) is 0 Å². The molecule has 0 aromatic heterocycles. The summed E-state index contributed by atoms with van der Waals surface area (Å²) >= 11 is 0. The lowest BCUT2D eigenvalue weighted by Crippen LogP contribution is -2.21. The maximum atomic E-state index is 12.5. The zero-order chi connectivity index (χ0) is 30.3. The molecule has 2 unspecified atom stereocenters. The molecule has 8 nitrogen and oxygen atoms in total. The van der Waals surface area contributed by atoms with E-state index in [9.17, 15) is 31.1 Å². The summed E-state index contributed by atoms with van der Waals surface area (Å²) in [5, 5.41) is 20.9. The standard InChI is InChI=1S/C22H27N3O.2C2HF3O2/c1-25(2)19-5-3-4-17(12-19)22(26)24-18-10-8-16(9-11-18)20-13-21(20)23-14-15-6-7-15;2*3-2(4,5)1(6)7/h3-5,8-12,15,20-21,23H,6-7,13-14H2,1-2H3,(H,24,26);2*(H,6,7). The number of carboxylic acid groups (broad SMARTS) is 2. The molecule has 4 rings (SSSR count). The predicted octanol–water partition coefficient (Wildman–Crippen LogP) is 5.13. The number of nitrogens with zero attached hydrogens (tertiary/aromatic N) is 1. The number of hydrogen-bond donors (Lipinski definition) is 4. The monoisotopic (exact) mass is 577 g/mol. The molecule has 0 bridgehead atoms. The van der Waals surface area contributed by atoms with Crippen molar-refractivity contribution in [2.45, 2.75) is 43.6 Å². The first-order chi connectivity index (χ1) is 18.5. The summed E-state index contributed by atoms with van der Waals surface area (Å²) in [6, 6.07) is 16.6. The van der Waals surface area contributed by atoms with Gasteiger partial charge in [0.2, 0.25) is 0 Å². The number of carbonyl (C=O) groups excluding carboxylic acids is 1. The molecule has 1 amide bonds. The fraction of sp³-hybridized carbons (Fsp3) is 0.423. The third-order valence-corrected chi connectivity index (χ3v) is 5.86. The van der Waals surface area contributed by atoms with Crippen LogP contribution in [0.1, 0.15) is 41.1 Å². The minimum absolute atomic E-state index is 0.0724. The summed E-state index contributed by atoms with van der Waals surface area (Å²) in [6.07, 6.45) is -6.14. The van der Waals surface area contributed by atoms with Crippen molar-refractivity contribution in [3.05, 3.63) is 59.7 Å². The number of nitrogens with one attached hydrogen (secondary N) is 2. The number of carboxylic acids is 2. The highest BCUT2D eigenvalue weighted by molar-refractivity contribution is 6.04. The van der Waals surface area contributed by atoms with E-state index >= 15 is 0 Å². The Morgan fingerprint density at radius 2 is 1.43 bits per heavy atom. The summed E-state index contributed by atoms with van der Waals surface area (Å²) in [7, 11) is 3.95. The van der Waals surface area contributed by atoms with Gasteiger partial charge in [0.25, 0.3) is 5.91 Å². The van der Waals surface area contributed by atoms with Crippen LogP contribution < -0.4 is 15.5 Å². The average molecular weight is 578 g/mol. The second kappa shape index (κ2) is 13.5. The van der Waals surface area contributed by atoms with Crippen LogP contribution >= 0.6 is 0 Å². The Morgan fingerprint density at radius 1 is 0.900 bits per heavy atom. The molecule has 220 valence electrons. The van der Waals surface area contributed by atoms with Gasteiger partial charge in [-0.2, -0.15) is 26.3 Å². The van der Waals surface area contributed by atoms with Crippen molar-refractivity contribution in [1.29, 1.82) is 0 Å².